The average molecular weight is 272 g/mol. The third-order valence-electron chi connectivity index (χ3n) is 2.87. The van der Waals surface area contributed by atoms with Crippen LogP contribution in [-0.2, 0) is 11.3 Å². The summed E-state index contributed by atoms with van der Waals surface area (Å²) >= 11 is 0. The van der Waals surface area contributed by atoms with Gasteiger partial charge in [-0.1, -0.05) is 30.3 Å². The van der Waals surface area contributed by atoms with E-state index < -0.39 is 0 Å². The van der Waals surface area contributed by atoms with Gasteiger partial charge in [0.05, 0.1) is 26.9 Å². The second kappa shape index (κ2) is 8.23. The van der Waals surface area contributed by atoms with Gasteiger partial charge in [-0.05, 0) is 29.8 Å². The van der Waals surface area contributed by atoms with E-state index >= 15 is 0 Å². The fourth-order valence-electron chi connectivity index (χ4n) is 1.79. The Morgan fingerprint density at radius 1 is 0.800 bits per heavy atom. The van der Waals surface area contributed by atoms with Crippen molar-refractivity contribution < 1.29 is 14.2 Å². The maximum Gasteiger partial charge on any atom is 0.119 e. The quantitative estimate of drug-likeness (QED) is 0.686. The Morgan fingerprint density at radius 2 is 1.50 bits per heavy atom. The van der Waals surface area contributed by atoms with E-state index in [0.29, 0.717) is 19.8 Å². The summed E-state index contributed by atoms with van der Waals surface area (Å²) < 4.78 is 16.3. The fraction of sp³-hybridized carbons (Fsp3) is 0.294. The van der Waals surface area contributed by atoms with Crippen molar-refractivity contribution in [2.75, 3.05) is 20.3 Å². The Hall–Kier alpha value is -2.00. The second-order valence-corrected chi connectivity index (χ2v) is 4.42. The molecule has 0 amide bonds. The van der Waals surface area contributed by atoms with Gasteiger partial charge in [0.25, 0.3) is 0 Å². The molecule has 3 heteroatoms. The zero-order chi connectivity index (χ0) is 14.0. The third kappa shape index (κ3) is 4.94. The van der Waals surface area contributed by atoms with Crippen LogP contribution in [0.4, 0.5) is 0 Å². The van der Waals surface area contributed by atoms with Crippen molar-refractivity contribution in [3.05, 3.63) is 60.2 Å². The molecule has 0 aliphatic rings. The van der Waals surface area contributed by atoms with Crippen molar-refractivity contribution in [3.8, 4) is 11.5 Å². The van der Waals surface area contributed by atoms with Gasteiger partial charge < -0.3 is 14.2 Å². The first kappa shape index (κ1) is 14.4. The Kier molecular flexibility index (Phi) is 5.93. The lowest BCUT2D eigenvalue weighted by molar-refractivity contribution is 0.107. The summed E-state index contributed by atoms with van der Waals surface area (Å²) in [5.41, 5.74) is 1.20. The second-order valence-electron chi connectivity index (χ2n) is 4.42. The normalized spacial score (nSPS) is 10.2. The molecule has 0 saturated heterocycles. The minimum absolute atomic E-state index is 0.654. The number of benzene rings is 2. The molecule has 2 rings (SSSR count). The van der Waals surface area contributed by atoms with Crippen LogP contribution in [0.2, 0.25) is 0 Å². The predicted octanol–water partition coefficient (Wildman–Crippen LogP) is 3.68. The van der Waals surface area contributed by atoms with Crippen LogP contribution in [0.3, 0.4) is 0 Å². The molecular formula is C17H20O3. The molecule has 106 valence electrons. The number of rotatable bonds is 8. The molecule has 0 radical (unpaired) electrons. The summed E-state index contributed by atoms with van der Waals surface area (Å²) in [6.07, 6.45) is 0.874. The minimum Gasteiger partial charge on any atom is -0.497 e. The van der Waals surface area contributed by atoms with Gasteiger partial charge in [0.15, 0.2) is 0 Å². The Morgan fingerprint density at radius 3 is 2.20 bits per heavy atom. The van der Waals surface area contributed by atoms with E-state index in [2.05, 4.69) is 12.1 Å². The number of hydrogen-bond acceptors (Lipinski definition) is 3. The van der Waals surface area contributed by atoms with Gasteiger partial charge in [-0.15, -0.1) is 0 Å². The van der Waals surface area contributed by atoms with Crippen molar-refractivity contribution in [1.82, 2.24) is 0 Å². The molecular weight excluding hydrogens is 252 g/mol. The maximum absolute atomic E-state index is 5.62. The number of ether oxygens (including phenoxy) is 3. The highest BCUT2D eigenvalue weighted by Crippen LogP contribution is 2.17. The van der Waals surface area contributed by atoms with Gasteiger partial charge in [-0.3, -0.25) is 0 Å². The molecule has 2 aromatic carbocycles. The first-order valence-electron chi connectivity index (χ1n) is 6.77. The number of methoxy groups -OCH3 is 1. The number of hydrogen-bond donors (Lipinski definition) is 0. The van der Waals surface area contributed by atoms with Crippen LogP contribution >= 0.6 is 0 Å². The fourth-order valence-corrected chi connectivity index (χ4v) is 1.79. The van der Waals surface area contributed by atoms with Gasteiger partial charge in [-0.25, -0.2) is 0 Å². The van der Waals surface area contributed by atoms with E-state index in [-0.39, 0.29) is 0 Å². The molecule has 0 heterocycles. The molecule has 0 saturated carbocycles. The van der Waals surface area contributed by atoms with Crippen LogP contribution in [0, 0.1) is 0 Å². The zero-order valence-electron chi connectivity index (χ0n) is 11.7. The highest BCUT2D eigenvalue weighted by atomic mass is 16.5. The van der Waals surface area contributed by atoms with Gasteiger partial charge in [-0.2, -0.15) is 0 Å². The van der Waals surface area contributed by atoms with E-state index in [1.165, 1.54) is 5.56 Å². The van der Waals surface area contributed by atoms with E-state index in [0.717, 1.165) is 17.9 Å². The largest absolute Gasteiger partial charge is 0.497 e. The smallest absolute Gasteiger partial charge is 0.119 e. The van der Waals surface area contributed by atoms with Gasteiger partial charge in [0.1, 0.15) is 11.5 Å². The lowest BCUT2D eigenvalue weighted by Gasteiger charge is -2.07. The van der Waals surface area contributed by atoms with Crippen LogP contribution in [0.1, 0.15) is 12.0 Å². The molecule has 2 aromatic rings. The summed E-state index contributed by atoms with van der Waals surface area (Å²) in [4.78, 5) is 0. The molecule has 0 N–H and O–H groups in total. The maximum atomic E-state index is 5.62. The first-order valence-corrected chi connectivity index (χ1v) is 6.77. The van der Waals surface area contributed by atoms with Crippen molar-refractivity contribution >= 4 is 0 Å². The summed E-state index contributed by atoms with van der Waals surface area (Å²) in [6, 6.07) is 17.8. The van der Waals surface area contributed by atoms with E-state index in [9.17, 15) is 0 Å². The lowest BCUT2D eigenvalue weighted by Crippen LogP contribution is -2.03. The van der Waals surface area contributed by atoms with Crippen molar-refractivity contribution in [1.29, 1.82) is 0 Å². The standard InChI is InChI=1S/C17H20O3/c1-18-16-8-10-17(11-9-16)20-13-5-12-19-14-15-6-3-2-4-7-15/h2-4,6-11H,5,12-14H2,1H3. The average Bonchev–Trinajstić information content (AvgIpc) is 2.52. The monoisotopic (exact) mass is 272 g/mol. The summed E-state index contributed by atoms with van der Waals surface area (Å²) in [5, 5.41) is 0. The Bertz CT molecular complexity index is 479. The minimum atomic E-state index is 0.654. The van der Waals surface area contributed by atoms with E-state index in [1.807, 2.05) is 42.5 Å². The highest BCUT2D eigenvalue weighted by molar-refractivity contribution is 5.31. The van der Waals surface area contributed by atoms with Crippen LogP contribution in [0.15, 0.2) is 54.6 Å². The molecule has 0 fully saturated rings. The third-order valence-corrected chi connectivity index (χ3v) is 2.87. The van der Waals surface area contributed by atoms with Gasteiger partial charge in [0.2, 0.25) is 0 Å². The van der Waals surface area contributed by atoms with Crippen molar-refractivity contribution in [2.45, 2.75) is 13.0 Å². The van der Waals surface area contributed by atoms with E-state index in [1.54, 1.807) is 7.11 Å². The van der Waals surface area contributed by atoms with E-state index in [4.69, 9.17) is 14.2 Å². The van der Waals surface area contributed by atoms with Crippen LogP contribution in [0.5, 0.6) is 11.5 Å². The van der Waals surface area contributed by atoms with Gasteiger partial charge in [0, 0.05) is 6.42 Å². The topological polar surface area (TPSA) is 27.7 Å². The molecule has 20 heavy (non-hydrogen) atoms. The molecule has 0 atom stereocenters. The van der Waals surface area contributed by atoms with Crippen LogP contribution < -0.4 is 9.47 Å². The summed E-state index contributed by atoms with van der Waals surface area (Å²) in [6.45, 7) is 2.01. The van der Waals surface area contributed by atoms with Crippen molar-refractivity contribution in [2.24, 2.45) is 0 Å². The SMILES string of the molecule is COc1ccc(OCCCOCc2ccccc2)cc1. The highest BCUT2D eigenvalue weighted by Gasteiger charge is 1.96. The van der Waals surface area contributed by atoms with Crippen LogP contribution in [-0.4, -0.2) is 20.3 Å². The molecule has 0 spiro atoms. The first-order chi connectivity index (χ1) is 9.88. The van der Waals surface area contributed by atoms with Crippen molar-refractivity contribution in [3.63, 3.8) is 0 Å². The molecule has 0 aliphatic carbocycles. The summed E-state index contributed by atoms with van der Waals surface area (Å²) in [7, 11) is 1.65. The molecule has 0 bridgehead atoms. The molecule has 0 aromatic heterocycles. The predicted molar refractivity (Wildman–Crippen MR) is 79.2 cm³/mol. The Labute approximate surface area is 120 Å². The summed E-state index contributed by atoms with van der Waals surface area (Å²) in [5.74, 6) is 1.69. The van der Waals surface area contributed by atoms with Gasteiger partial charge >= 0.3 is 0 Å². The molecule has 3 nitrogen and oxygen atoms in total. The molecule has 0 unspecified atom stereocenters. The lowest BCUT2D eigenvalue weighted by atomic mass is 10.2. The Balaban J connectivity index is 1.57. The molecule has 0 aliphatic heterocycles. The zero-order valence-corrected chi connectivity index (χ0v) is 11.7. The van der Waals surface area contributed by atoms with Crippen LogP contribution in [0.25, 0.3) is 0 Å².